The molecule has 18 heavy (non-hydrogen) atoms. The quantitative estimate of drug-likeness (QED) is 0.883. The Morgan fingerprint density at radius 3 is 2.72 bits per heavy atom. The summed E-state index contributed by atoms with van der Waals surface area (Å²) in [5, 5.41) is 8.30. The van der Waals surface area contributed by atoms with Gasteiger partial charge in [-0.05, 0) is 5.56 Å². The fourth-order valence-corrected chi connectivity index (χ4v) is 2.30. The summed E-state index contributed by atoms with van der Waals surface area (Å²) in [7, 11) is 1.70. The van der Waals surface area contributed by atoms with Crippen molar-refractivity contribution in [1.29, 1.82) is 0 Å². The van der Waals surface area contributed by atoms with Crippen LogP contribution >= 0.6 is 0 Å². The number of methoxy groups -OCH3 is 1. The highest BCUT2D eigenvalue weighted by Gasteiger charge is 2.27. The molecule has 0 aromatic heterocycles. The summed E-state index contributed by atoms with van der Waals surface area (Å²) in [6.07, 6.45) is 0.733. The molecule has 0 amide bonds. The molecule has 1 heterocycles. The lowest BCUT2D eigenvalue weighted by Crippen LogP contribution is -2.30. The van der Waals surface area contributed by atoms with Gasteiger partial charge in [0.15, 0.2) is 0 Å². The second kappa shape index (κ2) is 5.78. The van der Waals surface area contributed by atoms with Crippen LogP contribution in [0.5, 0.6) is 0 Å². The Bertz CT molecular complexity index is 453. The maximum absolute atomic E-state index is 5.81. The molecule has 2 rings (SSSR count). The van der Waals surface area contributed by atoms with Crippen LogP contribution in [0.15, 0.2) is 40.5 Å². The predicted molar refractivity (Wildman–Crippen MR) is 73.9 cm³/mol. The largest absolute Gasteiger partial charge is 0.386 e. The average molecular weight is 245 g/mol. The molecular weight excluding hydrogens is 226 g/mol. The zero-order valence-corrected chi connectivity index (χ0v) is 10.8. The van der Waals surface area contributed by atoms with E-state index in [-0.39, 0.29) is 11.8 Å². The molecule has 0 bridgehead atoms. The van der Waals surface area contributed by atoms with Crippen LogP contribution < -0.4 is 5.73 Å². The molecule has 0 aliphatic carbocycles. The molecule has 0 spiro atoms. The van der Waals surface area contributed by atoms with E-state index in [9.17, 15) is 0 Å². The Hall–Kier alpha value is -1.68. The van der Waals surface area contributed by atoms with Gasteiger partial charge in [-0.3, -0.25) is 0 Å². The van der Waals surface area contributed by atoms with Crippen molar-refractivity contribution >= 4 is 11.5 Å². The summed E-state index contributed by atoms with van der Waals surface area (Å²) in [6.45, 7) is 2.76. The summed E-state index contributed by atoms with van der Waals surface area (Å²) in [4.78, 5) is 0. The molecule has 2 atom stereocenters. The third-order valence-electron chi connectivity index (χ3n) is 3.19. The normalized spacial score (nSPS) is 21.1. The SMILES string of the molecule is COCC(C)C1=NN=C(N)CC1c1ccccc1. The van der Waals surface area contributed by atoms with E-state index in [4.69, 9.17) is 10.5 Å². The molecule has 0 saturated heterocycles. The van der Waals surface area contributed by atoms with Crippen LogP contribution in [0.2, 0.25) is 0 Å². The van der Waals surface area contributed by atoms with Gasteiger partial charge in [-0.1, -0.05) is 37.3 Å². The molecule has 0 saturated carbocycles. The van der Waals surface area contributed by atoms with Gasteiger partial charge in [0, 0.05) is 25.4 Å². The molecule has 4 nitrogen and oxygen atoms in total. The third kappa shape index (κ3) is 2.76. The highest BCUT2D eigenvalue weighted by molar-refractivity contribution is 5.99. The fraction of sp³-hybridized carbons (Fsp3) is 0.429. The molecule has 1 aromatic rings. The maximum atomic E-state index is 5.81. The van der Waals surface area contributed by atoms with Crippen molar-refractivity contribution in [2.45, 2.75) is 19.3 Å². The van der Waals surface area contributed by atoms with Gasteiger partial charge in [0.25, 0.3) is 0 Å². The third-order valence-corrected chi connectivity index (χ3v) is 3.19. The van der Waals surface area contributed by atoms with Gasteiger partial charge in [0.2, 0.25) is 0 Å². The minimum atomic E-state index is 0.217. The number of amidine groups is 1. The fourth-order valence-electron chi connectivity index (χ4n) is 2.30. The summed E-state index contributed by atoms with van der Waals surface area (Å²) < 4.78 is 5.21. The van der Waals surface area contributed by atoms with Gasteiger partial charge in [-0.2, -0.15) is 5.10 Å². The van der Waals surface area contributed by atoms with E-state index in [1.165, 1.54) is 5.56 Å². The zero-order valence-electron chi connectivity index (χ0n) is 10.8. The predicted octanol–water partition coefficient (Wildman–Crippen LogP) is 2.17. The number of hydrogen-bond donors (Lipinski definition) is 1. The molecule has 1 aromatic carbocycles. The van der Waals surface area contributed by atoms with Gasteiger partial charge in [-0.15, -0.1) is 5.10 Å². The van der Waals surface area contributed by atoms with Crippen LogP contribution in [0.3, 0.4) is 0 Å². The van der Waals surface area contributed by atoms with E-state index in [1.54, 1.807) is 7.11 Å². The second-order valence-electron chi connectivity index (χ2n) is 4.64. The Morgan fingerprint density at radius 1 is 1.33 bits per heavy atom. The number of hydrogen-bond acceptors (Lipinski definition) is 4. The summed E-state index contributed by atoms with van der Waals surface area (Å²) in [5.41, 5.74) is 8.10. The van der Waals surface area contributed by atoms with Crippen molar-refractivity contribution in [3.63, 3.8) is 0 Å². The molecule has 1 aliphatic rings. The number of ether oxygens (including phenoxy) is 1. The van der Waals surface area contributed by atoms with E-state index in [0.717, 1.165) is 12.1 Å². The van der Waals surface area contributed by atoms with Crippen LogP contribution in [-0.4, -0.2) is 25.3 Å². The number of nitrogens with zero attached hydrogens (tertiary/aromatic N) is 2. The van der Waals surface area contributed by atoms with Crippen molar-refractivity contribution in [2.75, 3.05) is 13.7 Å². The lowest BCUT2D eigenvalue weighted by molar-refractivity contribution is 0.180. The number of rotatable bonds is 4. The minimum absolute atomic E-state index is 0.217. The highest BCUT2D eigenvalue weighted by atomic mass is 16.5. The Labute approximate surface area is 108 Å². The lowest BCUT2D eigenvalue weighted by Gasteiger charge is -2.25. The smallest absolute Gasteiger partial charge is 0.123 e. The monoisotopic (exact) mass is 245 g/mol. The topological polar surface area (TPSA) is 60.0 Å². The highest BCUT2D eigenvalue weighted by Crippen LogP contribution is 2.27. The van der Waals surface area contributed by atoms with E-state index < -0.39 is 0 Å². The molecule has 96 valence electrons. The van der Waals surface area contributed by atoms with E-state index in [1.807, 2.05) is 18.2 Å². The molecule has 4 heteroatoms. The second-order valence-corrected chi connectivity index (χ2v) is 4.64. The first-order valence-electron chi connectivity index (χ1n) is 6.16. The summed E-state index contributed by atoms with van der Waals surface area (Å²) in [5.74, 6) is 1.06. The molecule has 2 unspecified atom stereocenters. The Kier molecular flexibility index (Phi) is 4.10. The number of benzene rings is 1. The molecule has 1 aliphatic heterocycles. The van der Waals surface area contributed by atoms with Crippen LogP contribution in [0, 0.1) is 5.92 Å². The van der Waals surface area contributed by atoms with Crippen molar-refractivity contribution in [3.8, 4) is 0 Å². The van der Waals surface area contributed by atoms with Gasteiger partial charge in [0.1, 0.15) is 5.84 Å². The van der Waals surface area contributed by atoms with Crippen LogP contribution in [-0.2, 0) is 4.74 Å². The van der Waals surface area contributed by atoms with E-state index in [2.05, 4.69) is 29.3 Å². The van der Waals surface area contributed by atoms with Crippen molar-refractivity contribution in [1.82, 2.24) is 0 Å². The lowest BCUT2D eigenvalue weighted by atomic mass is 9.84. The number of nitrogens with two attached hydrogens (primary N) is 1. The van der Waals surface area contributed by atoms with Gasteiger partial charge in [0.05, 0.1) is 12.3 Å². The Balaban J connectivity index is 2.28. The van der Waals surface area contributed by atoms with E-state index in [0.29, 0.717) is 12.4 Å². The standard InChI is InChI=1S/C14H19N3O/c1-10(9-18-2)14-12(8-13(15)16-17-14)11-6-4-3-5-7-11/h3-7,10,12H,8-9H2,1-2H3,(H2,15,16). The first-order valence-corrected chi connectivity index (χ1v) is 6.16. The maximum Gasteiger partial charge on any atom is 0.123 e. The van der Waals surface area contributed by atoms with Gasteiger partial charge >= 0.3 is 0 Å². The van der Waals surface area contributed by atoms with Crippen molar-refractivity contribution < 1.29 is 4.74 Å². The van der Waals surface area contributed by atoms with Crippen LogP contribution in [0.25, 0.3) is 0 Å². The van der Waals surface area contributed by atoms with Crippen LogP contribution in [0.4, 0.5) is 0 Å². The van der Waals surface area contributed by atoms with Crippen molar-refractivity contribution in [2.24, 2.45) is 21.9 Å². The molecular formula is C14H19N3O. The molecule has 0 fully saturated rings. The summed E-state index contributed by atoms with van der Waals surface area (Å²) >= 11 is 0. The first-order chi connectivity index (χ1) is 8.72. The van der Waals surface area contributed by atoms with Crippen LogP contribution in [0.1, 0.15) is 24.8 Å². The molecule has 0 radical (unpaired) electrons. The Morgan fingerprint density at radius 2 is 2.06 bits per heavy atom. The average Bonchev–Trinajstić information content (AvgIpc) is 2.40. The minimum Gasteiger partial charge on any atom is -0.386 e. The summed E-state index contributed by atoms with van der Waals surface area (Å²) in [6, 6.07) is 10.3. The van der Waals surface area contributed by atoms with Crippen molar-refractivity contribution in [3.05, 3.63) is 35.9 Å². The van der Waals surface area contributed by atoms with E-state index >= 15 is 0 Å². The zero-order chi connectivity index (χ0) is 13.0. The first kappa shape index (κ1) is 12.8. The van der Waals surface area contributed by atoms with Gasteiger partial charge < -0.3 is 10.5 Å². The van der Waals surface area contributed by atoms with Gasteiger partial charge in [-0.25, -0.2) is 0 Å². The molecule has 2 N–H and O–H groups in total.